The first kappa shape index (κ1) is 21.8. The molecule has 1 aliphatic rings. The molecule has 1 fully saturated rings. The second-order valence-electron chi connectivity index (χ2n) is 8.16. The van der Waals surface area contributed by atoms with Crippen molar-refractivity contribution in [3.8, 4) is 5.75 Å². The third kappa shape index (κ3) is 4.67. The van der Waals surface area contributed by atoms with Crippen molar-refractivity contribution < 1.29 is 9.53 Å². The van der Waals surface area contributed by atoms with Gasteiger partial charge in [-0.15, -0.1) is 0 Å². The Morgan fingerprint density at radius 1 is 1.21 bits per heavy atom. The monoisotopic (exact) mass is 458 g/mol. The van der Waals surface area contributed by atoms with Crippen LogP contribution in [0.5, 0.6) is 5.75 Å². The van der Waals surface area contributed by atoms with Gasteiger partial charge in [-0.2, -0.15) is 0 Å². The number of likely N-dealkylation sites (tertiary alicyclic amines) is 1. The highest BCUT2D eigenvalue weighted by atomic mass is 79.9. The Bertz CT molecular complexity index is 845. The zero-order valence-electron chi connectivity index (χ0n) is 17.8. The molecule has 29 heavy (non-hydrogen) atoms. The predicted molar refractivity (Wildman–Crippen MR) is 122 cm³/mol. The number of methoxy groups -OCH3 is 1. The van der Waals surface area contributed by atoms with Crippen LogP contribution < -0.4 is 10.1 Å². The fourth-order valence-electron chi connectivity index (χ4n) is 4.21. The fraction of sp³-hybridized carbons (Fsp3) is 0.458. The zero-order chi connectivity index (χ0) is 21.0. The molecule has 1 aliphatic heterocycles. The third-order valence-corrected chi connectivity index (χ3v) is 6.77. The second-order valence-corrected chi connectivity index (χ2v) is 9.02. The van der Waals surface area contributed by atoms with Crippen molar-refractivity contribution in [3.63, 3.8) is 0 Å². The summed E-state index contributed by atoms with van der Waals surface area (Å²) in [6.45, 7) is 8.66. The first-order valence-corrected chi connectivity index (χ1v) is 11.1. The maximum atomic E-state index is 13.4. The molecule has 1 heterocycles. The van der Waals surface area contributed by atoms with E-state index in [1.807, 2.05) is 30.3 Å². The molecule has 0 saturated carbocycles. The predicted octanol–water partition coefficient (Wildman–Crippen LogP) is 5.37. The van der Waals surface area contributed by atoms with Crippen LogP contribution in [-0.2, 0) is 6.42 Å². The summed E-state index contributed by atoms with van der Waals surface area (Å²) in [6.07, 6.45) is 3.28. The number of ether oxygens (including phenoxy) is 1. The van der Waals surface area contributed by atoms with Crippen LogP contribution in [0, 0.1) is 0 Å². The van der Waals surface area contributed by atoms with Crippen molar-refractivity contribution in [1.29, 1.82) is 0 Å². The minimum Gasteiger partial charge on any atom is -0.496 e. The van der Waals surface area contributed by atoms with Gasteiger partial charge in [-0.3, -0.25) is 9.69 Å². The van der Waals surface area contributed by atoms with Crippen LogP contribution in [0.2, 0.25) is 0 Å². The number of amides is 1. The molecule has 2 aromatic rings. The molecule has 0 radical (unpaired) electrons. The molecule has 1 saturated heterocycles. The maximum absolute atomic E-state index is 13.4. The summed E-state index contributed by atoms with van der Waals surface area (Å²) in [5, 5.41) is 3.32. The molecule has 3 rings (SSSR count). The summed E-state index contributed by atoms with van der Waals surface area (Å²) in [6, 6.07) is 13.9. The van der Waals surface area contributed by atoms with Crippen LogP contribution in [-0.4, -0.2) is 36.5 Å². The first-order valence-electron chi connectivity index (χ1n) is 10.4. The van der Waals surface area contributed by atoms with E-state index in [1.165, 1.54) is 12.8 Å². The third-order valence-electron chi connectivity index (χ3n) is 6.03. The number of halogens is 1. The average molecular weight is 459 g/mol. The minimum atomic E-state index is -0.207. The van der Waals surface area contributed by atoms with Crippen molar-refractivity contribution in [2.75, 3.05) is 20.2 Å². The Kier molecular flexibility index (Phi) is 7.01. The summed E-state index contributed by atoms with van der Waals surface area (Å²) in [7, 11) is 1.61. The van der Waals surface area contributed by atoms with Gasteiger partial charge in [0.05, 0.1) is 18.7 Å². The molecule has 0 bridgehead atoms. The van der Waals surface area contributed by atoms with E-state index in [1.54, 1.807) is 7.11 Å². The Morgan fingerprint density at radius 3 is 2.45 bits per heavy atom. The molecule has 1 unspecified atom stereocenters. The van der Waals surface area contributed by atoms with Gasteiger partial charge < -0.3 is 10.1 Å². The molecular formula is C24H31BrN2O2. The van der Waals surface area contributed by atoms with Crippen molar-refractivity contribution in [2.24, 2.45) is 0 Å². The average Bonchev–Trinajstić information content (AvgIpc) is 3.28. The normalized spacial score (nSPS) is 15.9. The summed E-state index contributed by atoms with van der Waals surface area (Å²) in [4.78, 5) is 15.9. The Balaban J connectivity index is 1.96. The molecule has 156 valence electrons. The number of nitrogens with zero attached hydrogens (tertiary/aromatic N) is 1. The number of carbonyl (C=O) groups is 1. The van der Waals surface area contributed by atoms with Crippen molar-refractivity contribution in [1.82, 2.24) is 10.2 Å². The number of rotatable bonds is 7. The van der Waals surface area contributed by atoms with Crippen LogP contribution in [0.3, 0.4) is 0 Å². The SMILES string of the molecule is CCc1cc(OC)c(C(=O)NC(c2ccccc2)C(C)(C)N2CCCC2)cc1Br. The Morgan fingerprint density at radius 2 is 1.86 bits per heavy atom. The second kappa shape index (κ2) is 9.31. The topological polar surface area (TPSA) is 41.6 Å². The van der Waals surface area contributed by atoms with Crippen LogP contribution in [0.1, 0.15) is 61.1 Å². The number of hydrogen-bond acceptors (Lipinski definition) is 3. The Labute approximate surface area is 182 Å². The van der Waals surface area contributed by atoms with Gasteiger partial charge in [-0.05, 0) is 69.5 Å². The van der Waals surface area contributed by atoms with Crippen molar-refractivity contribution in [3.05, 3.63) is 63.6 Å². The molecule has 0 aromatic heterocycles. The standard InChI is InChI=1S/C24H31BrN2O2/c1-5-17-15-21(29-4)19(16-20(17)25)23(28)26-22(18-11-7-6-8-12-18)24(2,3)27-13-9-10-14-27/h6-8,11-12,15-16,22H,5,9-10,13-14H2,1-4H3,(H,26,28). The van der Waals surface area contributed by atoms with Gasteiger partial charge in [0.1, 0.15) is 5.75 Å². The van der Waals surface area contributed by atoms with Crippen LogP contribution in [0.15, 0.2) is 46.9 Å². The zero-order valence-corrected chi connectivity index (χ0v) is 19.4. The summed E-state index contributed by atoms with van der Waals surface area (Å²) in [5.41, 5.74) is 2.58. The molecule has 0 spiro atoms. The van der Waals surface area contributed by atoms with E-state index < -0.39 is 0 Å². The van der Waals surface area contributed by atoms with E-state index in [2.05, 4.69) is 59.1 Å². The van der Waals surface area contributed by atoms with Crippen LogP contribution in [0.25, 0.3) is 0 Å². The van der Waals surface area contributed by atoms with Gasteiger partial charge in [0, 0.05) is 10.0 Å². The number of hydrogen-bond donors (Lipinski definition) is 1. The first-order chi connectivity index (χ1) is 13.9. The van der Waals surface area contributed by atoms with Gasteiger partial charge >= 0.3 is 0 Å². The smallest absolute Gasteiger partial charge is 0.255 e. The quantitative estimate of drug-likeness (QED) is 0.606. The highest BCUT2D eigenvalue weighted by Gasteiger charge is 2.39. The lowest BCUT2D eigenvalue weighted by atomic mass is 9.86. The Hall–Kier alpha value is -1.85. The molecule has 1 amide bonds. The van der Waals surface area contributed by atoms with E-state index in [0.717, 1.165) is 35.1 Å². The van der Waals surface area contributed by atoms with Gasteiger partial charge in [-0.25, -0.2) is 0 Å². The van der Waals surface area contributed by atoms with Crippen LogP contribution in [0.4, 0.5) is 0 Å². The summed E-state index contributed by atoms with van der Waals surface area (Å²) < 4.78 is 6.48. The summed E-state index contributed by atoms with van der Waals surface area (Å²) >= 11 is 3.60. The largest absolute Gasteiger partial charge is 0.496 e. The highest BCUT2D eigenvalue weighted by molar-refractivity contribution is 9.10. The van der Waals surface area contributed by atoms with E-state index >= 15 is 0 Å². The number of nitrogens with one attached hydrogen (secondary N) is 1. The van der Waals surface area contributed by atoms with Gasteiger partial charge in [0.25, 0.3) is 5.91 Å². The fourth-order valence-corrected chi connectivity index (χ4v) is 4.83. The minimum absolute atomic E-state index is 0.119. The molecular weight excluding hydrogens is 428 g/mol. The summed E-state index contributed by atoms with van der Waals surface area (Å²) in [5.74, 6) is 0.486. The highest BCUT2D eigenvalue weighted by Crippen LogP contribution is 2.35. The lowest BCUT2D eigenvalue weighted by molar-refractivity contribution is 0.0776. The number of benzene rings is 2. The van der Waals surface area contributed by atoms with Gasteiger partial charge in [-0.1, -0.05) is 53.2 Å². The lowest BCUT2D eigenvalue weighted by Crippen LogP contribution is -2.52. The lowest BCUT2D eigenvalue weighted by Gasteiger charge is -2.42. The van der Waals surface area contributed by atoms with E-state index in [0.29, 0.717) is 11.3 Å². The van der Waals surface area contributed by atoms with E-state index in [4.69, 9.17) is 4.74 Å². The molecule has 1 N–H and O–H groups in total. The van der Waals surface area contributed by atoms with Gasteiger partial charge in [0.2, 0.25) is 0 Å². The van der Waals surface area contributed by atoms with Gasteiger partial charge in [0.15, 0.2) is 0 Å². The maximum Gasteiger partial charge on any atom is 0.255 e. The molecule has 4 nitrogen and oxygen atoms in total. The molecule has 2 aromatic carbocycles. The van der Waals surface area contributed by atoms with E-state index in [9.17, 15) is 4.79 Å². The number of aryl methyl sites for hydroxylation is 1. The van der Waals surface area contributed by atoms with Crippen LogP contribution >= 0.6 is 15.9 Å². The van der Waals surface area contributed by atoms with Crippen molar-refractivity contribution in [2.45, 2.75) is 51.6 Å². The molecule has 0 aliphatic carbocycles. The molecule has 5 heteroatoms. The van der Waals surface area contributed by atoms with E-state index in [-0.39, 0.29) is 17.5 Å². The molecule has 1 atom stereocenters. The van der Waals surface area contributed by atoms with Crippen molar-refractivity contribution >= 4 is 21.8 Å². The number of carbonyl (C=O) groups excluding carboxylic acids is 1.